The number of hydrogen-bond donors (Lipinski definition) is 1. The predicted octanol–water partition coefficient (Wildman–Crippen LogP) is 3.86. The number of aryl methyl sites for hydroxylation is 1. The highest BCUT2D eigenvalue weighted by atomic mass is 16.5. The van der Waals surface area contributed by atoms with Crippen molar-refractivity contribution in [3.8, 4) is 0 Å². The van der Waals surface area contributed by atoms with E-state index in [4.69, 9.17) is 0 Å². The highest BCUT2D eigenvalue weighted by Crippen LogP contribution is 2.18. The second-order valence-electron chi connectivity index (χ2n) is 6.32. The Labute approximate surface area is 168 Å². The third-order valence-corrected chi connectivity index (χ3v) is 4.19. The molecule has 4 rings (SSSR count). The number of ether oxygens (including phenoxy) is 1. The minimum Gasteiger partial charge on any atom is -0.468 e. The van der Waals surface area contributed by atoms with Crippen molar-refractivity contribution in [2.24, 2.45) is 0 Å². The molecular weight excluding hydrogens is 368 g/mol. The molecule has 2 aromatic carbocycles. The van der Waals surface area contributed by atoms with E-state index in [1.54, 1.807) is 18.3 Å². The van der Waals surface area contributed by atoms with E-state index in [1.807, 2.05) is 56.3 Å². The molecule has 7 nitrogen and oxygen atoms in total. The van der Waals surface area contributed by atoms with Crippen molar-refractivity contribution in [1.29, 1.82) is 0 Å². The molecule has 0 saturated heterocycles. The maximum Gasteiger partial charge on any atom is 0.293 e. The van der Waals surface area contributed by atoms with Crippen LogP contribution in [0.5, 0.6) is 0 Å². The van der Waals surface area contributed by atoms with Crippen LogP contribution in [0.4, 0.5) is 11.5 Å². The largest absolute Gasteiger partial charge is 0.468 e. The Bertz CT molecular complexity index is 1190. The van der Waals surface area contributed by atoms with Gasteiger partial charge in [0.1, 0.15) is 5.82 Å². The van der Waals surface area contributed by atoms with Gasteiger partial charge < -0.3 is 10.1 Å². The normalized spacial score (nSPS) is 10.3. The van der Waals surface area contributed by atoms with Gasteiger partial charge in [0.2, 0.25) is 5.78 Å². The van der Waals surface area contributed by atoms with Crippen LogP contribution >= 0.6 is 0 Å². The fourth-order valence-electron chi connectivity index (χ4n) is 2.72. The van der Waals surface area contributed by atoms with Crippen LogP contribution in [0.3, 0.4) is 0 Å². The second kappa shape index (κ2) is 9.45. The van der Waals surface area contributed by atoms with Crippen molar-refractivity contribution >= 4 is 34.7 Å². The van der Waals surface area contributed by atoms with Gasteiger partial charge in [-0.05, 0) is 43.2 Å². The zero-order chi connectivity index (χ0) is 20.6. The van der Waals surface area contributed by atoms with Gasteiger partial charge in [-0.3, -0.25) is 14.0 Å². The number of nitrogens with one attached hydrogen (secondary N) is 1. The summed E-state index contributed by atoms with van der Waals surface area (Å²) in [7, 11) is 0. The Morgan fingerprint density at radius 3 is 2.55 bits per heavy atom. The first kappa shape index (κ1) is 20.0. The zero-order valence-corrected chi connectivity index (χ0v) is 16.3. The molecule has 0 fully saturated rings. The molecule has 0 radical (unpaired) electrons. The first-order chi connectivity index (χ1) is 14.1. The van der Waals surface area contributed by atoms with Crippen LogP contribution < -0.4 is 10.9 Å². The van der Waals surface area contributed by atoms with Crippen molar-refractivity contribution in [3.05, 3.63) is 76.7 Å². The summed E-state index contributed by atoms with van der Waals surface area (Å²) in [5.74, 6) is 1.04. The Kier molecular flexibility index (Phi) is 6.52. The summed E-state index contributed by atoms with van der Waals surface area (Å²) in [5.41, 5.74) is 2.64. The van der Waals surface area contributed by atoms with Crippen molar-refractivity contribution < 1.29 is 9.53 Å². The van der Waals surface area contributed by atoms with E-state index in [0.717, 1.165) is 17.7 Å². The molecule has 0 aliphatic rings. The van der Waals surface area contributed by atoms with E-state index >= 15 is 0 Å². The lowest BCUT2D eigenvalue weighted by atomic mass is 10.2. The number of para-hydroxylation sites is 2. The summed E-state index contributed by atoms with van der Waals surface area (Å²) in [4.78, 5) is 30.8. The standard InChI is InChI=1S/C18H14N4O.C4H8O2/c1-12-6-2-4-8-14(12)19-16-10-11-22-17(23)13-7-3-5-9-15(13)20-18(22)21-16;1-2-3-6-4-5/h2-11H,1H3,(H,19,20,21);4H,2-3H2,1H3. The number of hydrogen-bond acceptors (Lipinski definition) is 6. The third-order valence-electron chi connectivity index (χ3n) is 4.19. The van der Waals surface area contributed by atoms with Gasteiger partial charge in [-0.15, -0.1) is 0 Å². The SMILES string of the molecule is CCCOC=O.Cc1ccccc1Nc1ccn2c(=O)c3ccccc3nc2n1. The molecule has 0 aliphatic carbocycles. The maximum atomic E-state index is 12.5. The van der Waals surface area contributed by atoms with Crippen LogP contribution in [-0.4, -0.2) is 27.4 Å². The van der Waals surface area contributed by atoms with Crippen LogP contribution in [0, 0.1) is 6.92 Å². The average molecular weight is 390 g/mol. The Morgan fingerprint density at radius 2 is 1.83 bits per heavy atom. The van der Waals surface area contributed by atoms with Crippen LogP contribution in [0.2, 0.25) is 0 Å². The number of benzene rings is 2. The summed E-state index contributed by atoms with van der Waals surface area (Å²) >= 11 is 0. The van der Waals surface area contributed by atoms with Gasteiger partial charge >= 0.3 is 0 Å². The quantitative estimate of drug-likeness (QED) is 0.316. The highest BCUT2D eigenvalue weighted by Gasteiger charge is 2.07. The topological polar surface area (TPSA) is 85.6 Å². The monoisotopic (exact) mass is 390 g/mol. The van der Waals surface area contributed by atoms with E-state index in [-0.39, 0.29) is 5.56 Å². The maximum absolute atomic E-state index is 12.5. The van der Waals surface area contributed by atoms with Gasteiger partial charge in [-0.25, -0.2) is 4.98 Å². The molecule has 148 valence electrons. The Morgan fingerprint density at radius 1 is 1.07 bits per heavy atom. The number of carbonyl (C=O) groups excluding carboxylic acids is 1. The molecule has 0 bridgehead atoms. The lowest BCUT2D eigenvalue weighted by Gasteiger charge is -2.09. The summed E-state index contributed by atoms with van der Waals surface area (Å²) in [6, 6.07) is 17.0. The fourth-order valence-corrected chi connectivity index (χ4v) is 2.72. The molecule has 1 N–H and O–H groups in total. The Hall–Kier alpha value is -3.74. The van der Waals surface area contributed by atoms with Gasteiger partial charge in [-0.2, -0.15) is 4.98 Å². The number of anilines is 2. The van der Waals surface area contributed by atoms with Crippen molar-refractivity contribution in [2.75, 3.05) is 11.9 Å². The van der Waals surface area contributed by atoms with E-state index in [1.165, 1.54) is 4.40 Å². The molecular formula is C22H22N4O3. The van der Waals surface area contributed by atoms with Crippen molar-refractivity contribution in [2.45, 2.75) is 20.3 Å². The predicted molar refractivity (Wildman–Crippen MR) is 114 cm³/mol. The smallest absolute Gasteiger partial charge is 0.293 e. The number of carbonyl (C=O) groups is 1. The van der Waals surface area contributed by atoms with E-state index in [9.17, 15) is 9.59 Å². The van der Waals surface area contributed by atoms with E-state index in [2.05, 4.69) is 20.0 Å². The van der Waals surface area contributed by atoms with Crippen molar-refractivity contribution in [3.63, 3.8) is 0 Å². The summed E-state index contributed by atoms with van der Waals surface area (Å²) in [6.07, 6.45) is 2.60. The molecule has 2 aromatic heterocycles. The zero-order valence-electron chi connectivity index (χ0n) is 16.3. The van der Waals surface area contributed by atoms with Crippen molar-refractivity contribution in [1.82, 2.24) is 14.4 Å². The molecule has 29 heavy (non-hydrogen) atoms. The fraction of sp³-hybridized carbons (Fsp3) is 0.182. The van der Waals surface area contributed by atoms with Gasteiger partial charge in [0, 0.05) is 11.9 Å². The lowest BCUT2D eigenvalue weighted by Crippen LogP contribution is -2.16. The van der Waals surface area contributed by atoms with Gasteiger partial charge in [0.15, 0.2) is 0 Å². The molecule has 0 atom stereocenters. The first-order valence-corrected chi connectivity index (χ1v) is 9.30. The van der Waals surface area contributed by atoms with Crippen LogP contribution in [0.25, 0.3) is 16.7 Å². The number of fused-ring (bicyclic) bond motifs is 2. The number of rotatable bonds is 5. The Balaban J connectivity index is 0.000000353. The third kappa shape index (κ3) is 4.76. The first-order valence-electron chi connectivity index (χ1n) is 9.30. The molecule has 4 aromatic rings. The second-order valence-corrected chi connectivity index (χ2v) is 6.32. The van der Waals surface area contributed by atoms with E-state index in [0.29, 0.717) is 35.6 Å². The molecule has 0 spiro atoms. The molecule has 0 aliphatic heterocycles. The molecule has 2 heterocycles. The van der Waals surface area contributed by atoms with Crippen LogP contribution in [0.15, 0.2) is 65.6 Å². The van der Waals surface area contributed by atoms with Gasteiger partial charge in [0.25, 0.3) is 12.0 Å². The summed E-state index contributed by atoms with van der Waals surface area (Å²) in [5, 5.41) is 3.85. The van der Waals surface area contributed by atoms with Gasteiger partial charge in [-0.1, -0.05) is 37.3 Å². The molecule has 0 saturated carbocycles. The molecule has 7 heteroatoms. The minimum absolute atomic E-state index is 0.111. The molecule has 0 unspecified atom stereocenters. The average Bonchev–Trinajstić information content (AvgIpc) is 2.74. The number of aromatic nitrogens is 3. The van der Waals surface area contributed by atoms with Crippen LogP contribution in [-0.2, 0) is 9.53 Å². The van der Waals surface area contributed by atoms with Gasteiger partial charge in [0.05, 0.1) is 17.5 Å². The highest BCUT2D eigenvalue weighted by molar-refractivity contribution is 5.79. The molecule has 0 amide bonds. The van der Waals surface area contributed by atoms with E-state index < -0.39 is 0 Å². The number of nitrogens with zero attached hydrogens (tertiary/aromatic N) is 3. The lowest BCUT2D eigenvalue weighted by molar-refractivity contribution is -0.128. The summed E-state index contributed by atoms with van der Waals surface area (Å²) < 4.78 is 5.77. The summed E-state index contributed by atoms with van der Waals surface area (Å²) in [6.45, 7) is 4.98. The van der Waals surface area contributed by atoms with Crippen LogP contribution in [0.1, 0.15) is 18.9 Å². The minimum atomic E-state index is -0.111.